The van der Waals surface area contributed by atoms with E-state index >= 15 is 0 Å². The number of hydrogen-bond donors (Lipinski definition) is 0. The van der Waals surface area contributed by atoms with Crippen LogP contribution in [-0.4, -0.2) is 62.4 Å². The standard InChI is InChI=1S/C27H52O6P/c1-5-9-10-11-12-13-14-15-16-17-21-34(22-18-25(28)31-6-2,23-19-26(29)32-7-3)24-20-27(30)33-8-4/h5-24H2,1-4H3/q+1. The van der Waals surface area contributed by atoms with Crippen molar-refractivity contribution in [3.63, 3.8) is 0 Å². The summed E-state index contributed by atoms with van der Waals surface area (Å²) in [5.74, 6) is -0.577. The number of esters is 3. The number of unbranched alkanes of at least 4 members (excludes halogenated alkanes) is 9. The Morgan fingerprint density at radius 3 is 1.12 bits per heavy atom. The highest BCUT2D eigenvalue weighted by atomic mass is 31.2. The lowest BCUT2D eigenvalue weighted by Gasteiger charge is -2.27. The SMILES string of the molecule is CCCCCCCCCCCC[P+](CCC(=O)OCC)(CCC(=O)OCC)CCC(=O)OCC. The van der Waals surface area contributed by atoms with Crippen LogP contribution in [0, 0.1) is 0 Å². The van der Waals surface area contributed by atoms with E-state index in [1.807, 2.05) is 20.8 Å². The first-order chi connectivity index (χ1) is 16.4. The second-order valence-electron chi connectivity index (χ2n) is 9.08. The smallest absolute Gasteiger partial charge is 0.309 e. The van der Waals surface area contributed by atoms with Crippen molar-refractivity contribution < 1.29 is 28.6 Å². The largest absolute Gasteiger partial charge is 0.466 e. The zero-order valence-electron chi connectivity index (χ0n) is 22.5. The van der Waals surface area contributed by atoms with Crippen molar-refractivity contribution >= 4 is 25.2 Å². The number of hydrogen-bond acceptors (Lipinski definition) is 6. The molecular formula is C27H52O6P+. The average Bonchev–Trinajstić information content (AvgIpc) is 2.81. The van der Waals surface area contributed by atoms with Crippen LogP contribution >= 0.6 is 7.26 Å². The molecule has 0 aromatic carbocycles. The fraction of sp³-hybridized carbons (Fsp3) is 0.889. The Labute approximate surface area is 209 Å². The van der Waals surface area contributed by atoms with Crippen molar-refractivity contribution in [3.05, 3.63) is 0 Å². The van der Waals surface area contributed by atoms with Gasteiger partial charge < -0.3 is 14.2 Å². The Hall–Kier alpha value is -1.16. The van der Waals surface area contributed by atoms with Gasteiger partial charge in [-0.3, -0.25) is 14.4 Å². The highest BCUT2D eigenvalue weighted by Crippen LogP contribution is 2.61. The van der Waals surface area contributed by atoms with E-state index in [-0.39, 0.29) is 17.9 Å². The molecule has 0 aromatic heterocycles. The Bertz CT molecular complexity index is 482. The maximum atomic E-state index is 12.1. The van der Waals surface area contributed by atoms with E-state index in [0.717, 1.165) is 37.5 Å². The van der Waals surface area contributed by atoms with Crippen LogP contribution < -0.4 is 0 Å². The lowest BCUT2D eigenvalue weighted by Crippen LogP contribution is -2.20. The maximum absolute atomic E-state index is 12.1. The van der Waals surface area contributed by atoms with Gasteiger partial charge in [0.1, 0.15) is 0 Å². The van der Waals surface area contributed by atoms with Crippen LogP contribution in [-0.2, 0) is 28.6 Å². The van der Waals surface area contributed by atoms with Crippen LogP contribution in [0.1, 0.15) is 111 Å². The fourth-order valence-electron chi connectivity index (χ4n) is 4.29. The van der Waals surface area contributed by atoms with Crippen molar-refractivity contribution in [1.29, 1.82) is 0 Å². The first-order valence-corrected chi connectivity index (χ1v) is 16.3. The van der Waals surface area contributed by atoms with E-state index in [4.69, 9.17) is 14.2 Å². The van der Waals surface area contributed by atoms with E-state index in [9.17, 15) is 14.4 Å². The van der Waals surface area contributed by atoms with E-state index in [1.54, 1.807) is 0 Å². The van der Waals surface area contributed by atoms with Crippen LogP contribution in [0.5, 0.6) is 0 Å². The quantitative estimate of drug-likeness (QED) is 0.0661. The molecule has 0 amide bonds. The average molecular weight is 504 g/mol. The molecule has 0 rings (SSSR count). The van der Waals surface area contributed by atoms with Crippen LogP contribution in [0.25, 0.3) is 0 Å². The zero-order valence-corrected chi connectivity index (χ0v) is 23.4. The summed E-state index contributed by atoms with van der Waals surface area (Å²) in [6, 6.07) is 0. The summed E-state index contributed by atoms with van der Waals surface area (Å²) < 4.78 is 15.5. The summed E-state index contributed by atoms with van der Waals surface area (Å²) in [5.41, 5.74) is 0. The molecule has 34 heavy (non-hydrogen) atoms. The van der Waals surface area contributed by atoms with Crippen LogP contribution in [0.2, 0.25) is 0 Å². The number of carbonyl (C=O) groups is 3. The van der Waals surface area contributed by atoms with Gasteiger partial charge in [-0.2, -0.15) is 0 Å². The number of ether oxygens (including phenoxy) is 3. The van der Waals surface area contributed by atoms with Crippen molar-refractivity contribution in [3.8, 4) is 0 Å². The van der Waals surface area contributed by atoms with Gasteiger partial charge >= 0.3 is 17.9 Å². The van der Waals surface area contributed by atoms with Gasteiger partial charge in [-0.05, 0) is 33.6 Å². The van der Waals surface area contributed by atoms with Gasteiger partial charge in [0.05, 0.1) is 63.7 Å². The third-order valence-corrected chi connectivity index (χ3v) is 11.1. The molecule has 0 bridgehead atoms. The molecule has 200 valence electrons. The Kier molecular flexibility index (Phi) is 21.6. The van der Waals surface area contributed by atoms with E-state index in [0.29, 0.717) is 39.1 Å². The first-order valence-electron chi connectivity index (χ1n) is 13.7. The molecule has 0 saturated carbocycles. The van der Waals surface area contributed by atoms with Gasteiger partial charge in [-0.1, -0.05) is 58.3 Å². The van der Waals surface area contributed by atoms with Gasteiger partial charge in [0.2, 0.25) is 0 Å². The van der Waals surface area contributed by atoms with Crippen LogP contribution in [0.15, 0.2) is 0 Å². The summed E-state index contributed by atoms with van der Waals surface area (Å²) in [4.78, 5) is 36.4. The van der Waals surface area contributed by atoms with Gasteiger partial charge in [0, 0.05) is 7.26 Å². The molecule has 0 fully saturated rings. The zero-order chi connectivity index (χ0) is 25.5. The third-order valence-electron chi connectivity index (χ3n) is 6.27. The monoisotopic (exact) mass is 503 g/mol. The molecule has 0 radical (unpaired) electrons. The predicted octanol–water partition coefficient (Wildman–Crippen LogP) is 6.78. The highest BCUT2D eigenvalue weighted by molar-refractivity contribution is 7.76. The molecule has 0 aromatic rings. The summed E-state index contributed by atoms with van der Waals surface area (Å²) in [6.45, 7) is 8.79. The lowest BCUT2D eigenvalue weighted by atomic mass is 10.1. The van der Waals surface area contributed by atoms with E-state index in [1.165, 1.54) is 51.4 Å². The molecule has 0 atom stereocenters. The van der Waals surface area contributed by atoms with Crippen molar-refractivity contribution in [1.82, 2.24) is 0 Å². The molecule has 6 nitrogen and oxygen atoms in total. The van der Waals surface area contributed by atoms with Gasteiger partial charge in [0.25, 0.3) is 0 Å². The van der Waals surface area contributed by atoms with Gasteiger partial charge in [-0.15, -0.1) is 0 Å². The van der Waals surface area contributed by atoms with E-state index < -0.39 is 7.26 Å². The molecule has 0 saturated heterocycles. The third kappa shape index (κ3) is 18.2. The molecule has 0 heterocycles. The molecule has 0 spiro atoms. The lowest BCUT2D eigenvalue weighted by molar-refractivity contribution is -0.143. The molecule has 0 aliphatic heterocycles. The Morgan fingerprint density at radius 1 is 0.471 bits per heavy atom. The van der Waals surface area contributed by atoms with Crippen LogP contribution in [0.3, 0.4) is 0 Å². The maximum Gasteiger partial charge on any atom is 0.309 e. The van der Waals surface area contributed by atoms with Gasteiger partial charge in [-0.25, -0.2) is 0 Å². The topological polar surface area (TPSA) is 78.9 Å². The van der Waals surface area contributed by atoms with Crippen molar-refractivity contribution in [2.75, 3.05) is 44.5 Å². The molecule has 0 aliphatic carbocycles. The van der Waals surface area contributed by atoms with E-state index in [2.05, 4.69) is 6.92 Å². The summed E-state index contributed by atoms with van der Waals surface area (Å²) in [5, 5.41) is 0. The summed E-state index contributed by atoms with van der Waals surface area (Å²) in [6.07, 6.45) is 16.9. The van der Waals surface area contributed by atoms with Crippen molar-refractivity contribution in [2.24, 2.45) is 0 Å². The molecule has 0 aliphatic rings. The minimum absolute atomic E-state index is 0.192. The molecule has 7 heteroatoms. The van der Waals surface area contributed by atoms with Crippen molar-refractivity contribution in [2.45, 2.75) is 111 Å². The molecular weight excluding hydrogens is 451 g/mol. The first kappa shape index (κ1) is 32.8. The summed E-state index contributed by atoms with van der Waals surface area (Å²) in [7, 11) is -1.71. The molecule has 0 N–H and O–H groups in total. The van der Waals surface area contributed by atoms with Gasteiger partial charge in [0.15, 0.2) is 0 Å². The Morgan fingerprint density at radius 2 is 0.794 bits per heavy atom. The minimum atomic E-state index is -1.71. The fourth-order valence-corrected chi connectivity index (χ4v) is 8.50. The Balaban J connectivity index is 4.93. The summed E-state index contributed by atoms with van der Waals surface area (Å²) >= 11 is 0. The number of rotatable bonds is 23. The predicted molar refractivity (Wildman–Crippen MR) is 142 cm³/mol. The minimum Gasteiger partial charge on any atom is -0.466 e. The molecule has 0 unspecified atom stereocenters. The van der Waals surface area contributed by atoms with Crippen LogP contribution in [0.4, 0.5) is 0 Å². The number of carbonyl (C=O) groups excluding carboxylic acids is 3. The highest BCUT2D eigenvalue weighted by Gasteiger charge is 2.38. The second-order valence-corrected chi connectivity index (χ2v) is 13.6. The normalized spacial score (nSPS) is 11.3. The second kappa shape index (κ2) is 22.3.